The number of nitrogens with one attached hydrogen (secondary N) is 1. The van der Waals surface area contributed by atoms with Gasteiger partial charge in [-0.25, -0.2) is 0 Å². The van der Waals surface area contributed by atoms with Gasteiger partial charge >= 0.3 is 5.97 Å². The quantitative estimate of drug-likeness (QED) is 0.426. The minimum absolute atomic E-state index is 0.0978. The number of hydrogen-bond donors (Lipinski definition) is 2. The average Bonchev–Trinajstić information content (AvgIpc) is 2.35. The number of hydrogen-bond acceptors (Lipinski definition) is 7. The zero-order valence-electron chi connectivity index (χ0n) is 9.94. The lowest BCUT2D eigenvalue weighted by Gasteiger charge is -2.05. The molecule has 0 aliphatic heterocycles. The number of carbonyl (C=O) groups is 2. The number of benzene rings is 1. The van der Waals surface area contributed by atoms with Gasteiger partial charge in [-0.3, -0.25) is 29.8 Å². The molecule has 20 heavy (non-hydrogen) atoms. The van der Waals surface area contributed by atoms with Crippen LogP contribution in [0.1, 0.15) is 6.42 Å². The fraction of sp³-hybridized carbons (Fsp3) is 0.200. The van der Waals surface area contributed by atoms with Crippen LogP contribution in [0, 0.1) is 20.2 Å². The number of carboxylic acids is 1. The van der Waals surface area contributed by atoms with Crippen LogP contribution in [-0.4, -0.2) is 33.3 Å². The summed E-state index contributed by atoms with van der Waals surface area (Å²) in [6.45, 7) is -0.426. The number of anilines is 1. The summed E-state index contributed by atoms with van der Waals surface area (Å²) in [5.74, 6) is -1.99. The first-order chi connectivity index (χ1) is 9.31. The Labute approximate surface area is 111 Å². The average molecular weight is 283 g/mol. The lowest BCUT2D eigenvalue weighted by molar-refractivity contribution is -0.393. The molecule has 0 aromatic heterocycles. The predicted octanol–water partition coefficient (Wildman–Crippen LogP) is 0.959. The zero-order valence-corrected chi connectivity index (χ0v) is 9.94. The fourth-order valence-corrected chi connectivity index (χ4v) is 1.36. The Balaban J connectivity index is 2.89. The van der Waals surface area contributed by atoms with E-state index in [0.29, 0.717) is 0 Å². The number of aliphatic carboxylic acids is 1. The molecule has 0 saturated heterocycles. The molecule has 0 aliphatic carbocycles. The third-order valence-corrected chi connectivity index (χ3v) is 2.21. The number of Topliss-reactive ketones (excluding diaryl/α,β-unsaturated/α-hetero) is 1. The molecule has 0 aliphatic rings. The van der Waals surface area contributed by atoms with Crippen LogP contribution in [0.15, 0.2) is 18.2 Å². The van der Waals surface area contributed by atoms with Crippen molar-refractivity contribution >= 4 is 28.8 Å². The van der Waals surface area contributed by atoms with E-state index in [9.17, 15) is 29.8 Å². The molecule has 10 nitrogen and oxygen atoms in total. The Morgan fingerprint density at radius 1 is 1.20 bits per heavy atom. The largest absolute Gasteiger partial charge is 0.481 e. The van der Waals surface area contributed by atoms with Crippen molar-refractivity contribution in [3.63, 3.8) is 0 Å². The van der Waals surface area contributed by atoms with Gasteiger partial charge < -0.3 is 10.4 Å². The third kappa shape index (κ3) is 4.01. The number of carbonyl (C=O) groups excluding carboxylic acids is 1. The molecule has 0 spiro atoms. The molecule has 0 atom stereocenters. The number of ketones is 1. The number of nitro groups is 2. The summed E-state index contributed by atoms with van der Waals surface area (Å²) in [5, 5.41) is 32.1. The van der Waals surface area contributed by atoms with Gasteiger partial charge in [-0.15, -0.1) is 0 Å². The molecule has 10 heteroatoms. The van der Waals surface area contributed by atoms with Crippen LogP contribution in [-0.2, 0) is 9.59 Å². The molecule has 0 heterocycles. The third-order valence-electron chi connectivity index (χ3n) is 2.21. The summed E-state index contributed by atoms with van der Waals surface area (Å²) in [6, 6.07) is 2.88. The predicted molar refractivity (Wildman–Crippen MR) is 65.5 cm³/mol. The van der Waals surface area contributed by atoms with E-state index in [1.54, 1.807) is 0 Å². The number of non-ortho nitro benzene ring substituents is 1. The minimum Gasteiger partial charge on any atom is -0.481 e. The van der Waals surface area contributed by atoms with E-state index >= 15 is 0 Å². The Bertz CT molecular complexity index is 584. The Morgan fingerprint density at radius 2 is 1.85 bits per heavy atom. The molecule has 0 radical (unpaired) electrons. The lowest BCUT2D eigenvalue weighted by atomic mass is 10.2. The SMILES string of the molecule is O=C(O)CC(=O)CNc1ccc([N+](=O)[O-])cc1[N+](=O)[O-]. The molecular formula is C10H9N3O7. The summed E-state index contributed by atoms with van der Waals surface area (Å²) in [4.78, 5) is 41.1. The van der Waals surface area contributed by atoms with Crippen molar-refractivity contribution in [1.29, 1.82) is 0 Å². The molecule has 2 N–H and O–H groups in total. The number of rotatable bonds is 7. The summed E-state index contributed by atoms with van der Waals surface area (Å²) in [5.41, 5.74) is -1.12. The minimum atomic E-state index is -1.31. The van der Waals surface area contributed by atoms with E-state index < -0.39 is 45.9 Å². The molecule has 0 saturated carbocycles. The number of nitrogens with zero attached hydrogens (tertiary/aromatic N) is 2. The van der Waals surface area contributed by atoms with Crippen molar-refractivity contribution in [3.05, 3.63) is 38.4 Å². The van der Waals surface area contributed by atoms with Crippen LogP contribution in [0.5, 0.6) is 0 Å². The van der Waals surface area contributed by atoms with E-state index in [4.69, 9.17) is 5.11 Å². The highest BCUT2D eigenvalue weighted by atomic mass is 16.6. The van der Waals surface area contributed by atoms with E-state index in [0.717, 1.165) is 18.2 Å². The molecule has 1 rings (SSSR count). The number of nitro benzene ring substituents is 2. The van der Waals surface area contributed by atoms with Gasteiger partial charge in [0, 0.05) is 6.07 Å². The van der Waals surface area contributed by atoms with Crippen LogP contribution in [0.2, 0.25) is 0 Å². The highest BCUT2D eigenvalue weighted by molar-refractivity contribution is 5.97. The molecule has 1 aromatic rings. The first-order valence-corrected chi connectivity index (χ1v) is 5.21. The lowest BCUT2D eigenvalue weighted by Crippen LogP contribution is -2.17. The molecule has 1 aromatic carbocycles. The smallest absolute Gasteiger partial charge is 0.310 e. The van der Waals surface area contributed by atoms with Crippen molar-refractivity contribution in [3.8, 4) is 0 Å². The molecule has 0 unspecified atom stereocenters. The standard InChI is InChI=1S/C10H9N3O7/c14-7(4-10(15)16)5-11-8-2-1-6(12(17)18)3-9(8)13(19)20/h1-3,11H,4-5H2,(H,15,16). The second-order valence-corrected chi connectivity index (χ2v) is 3.68. The van der Waals surface area contributed by atoms with Gasteiger partial charge in [0.25, 0.3) is 11.4 Å². The van der Waals surface area contributed by atoms with Gasteiger partial charge in [0.05, 0.1) is 22.5 Å². The van der Waals surface area contributed by atoms with Crippen molar-refractivity contribution < 1.29 is 24.5 Å². The Morgan fingerprint density at radius 3 is 2.35 bits per heavy atom. The van der Waals surface area contributed by atoms with Crippen LogP contribution in [0.3, 0.4) is 0 Å². The van der Waals surface area contributed by atoms with Crippen LogP contribution in [0.4, 0.5) is 17.1 Å². The maximum Gasteiger partial charge on any atom is 0.310 e. The highest BCUT2D eigenvalue weighted by Crippen LogP contribution is 2.28. The topological polar surface area (TPSA) is 153 Å². The zero-order chi connectivity index (χ0) is 15.3. The van der Waals surface area contributed by atoms with Crippen LogP contribution < -0.4 is 5.32 Å². The monoisotopic (exact) mass is 283 g/mol. The maximum atomic E-state index is 11.2. The molecule has 0 bridgehead atoms. The van der Waals surface area contributed by atoms with E-state index in [1.165, 1.54) is 0 Å². The molecular weight excluding hydrogens is 274 g/mol. The van der Waals surface area contributed by atoms with Gasteiger partial charge in [0.1, 0.15) is 12.1 Å². The van der Waals surface area contributed by atoms with Crippen LogP contribution in [0.25, 0.3) is 0 Å². The van der Waals surface area contributed by atoms with Gasteiger partial charge in [0.2, 0.25) is 0 Å². The van der Waals surface area contributed by atoms with Crippen molar-refractivity contribution in [2.45, 2.75) is 6.42 Å². The summed E-state index contributed by atoms with van der Waals surface area (Å²) in [6.07, 6.45) is -0.715. The van der Waals surface area contributed by atoms with Gasteiger partial charge in [-0.1, -0.05) is 0 Å². The molecule has 0 amide bonds. The second-order valence-electron chi connectivity index (χ2n) is 3.68. The summed E-state index contributed by atoms with van der Waals surface area (Å²) >= 11 is 0. The normalized spacial score (nSPS) is 9.80. The highest BCUT2D eigenvalue weighted by Gasteiger charge is 2.20. The second kappa shape index (κ2) is 6.22. The van der Waals surface area contributed by atoms with E-state index in [-0.39, 0.29) is 5.69 Å². The molecule has 0 fully saturated rings. The van der Waals surface area contributed by atoms with Gasteiger partial charge in [-0.05, 0) is 6.07 Å². The maximum absolute atomic E-state index is 11.2. The van der Waals surface area contributed by atoms with Crippen molar-refractivity contribution in [2.24, 2.45) is 0 Å². The van der Waals surface area contributed by atoms with Crippen LogP contribution >= 0.6 is 0 Å². The summed E-state index contributed by atoms with van der Waals surface area (Å²) in [7, 11) is 0. The van der Waals surface area contributed by atoms with Gasteiger partial charge in [0.15, 0.2) is 5.78 Å². The molecule has 106 valence electrons. The fourth-order valence-electron chi connectivity index (χ4n) is 1.36. The first-order valence-electron chi connectivity index (χ1n) is 5.21. The van der Waals surface area contributed by atoms with E-state index in [2.05, 4.69) is 5.32 Å². The Hall–Kier alpha value is -3.04. The number of carboxylic acid groups (broad SMARTS) is 1. The first kappa shape index (κ1) is 15.0. The van der Waals surface area contributed by atoms with Gasteiger partial charge in [-0.2, -0.15) is 0 Å². The Kier molecular flexibility index (Phi) is 4.67. The van der Waals surface area contributed by atoms with Crippen molar-refractivity contribution in [2.75, 3.05) is 11.9 Å². The summed E-state index contributed by atoms with van der Waals surface area (Å²) < 4.78 is 0. The van der Waals surface area contributed by atoms with E-state index in [1.807, 2.05) is 0 Å². The van der Waals surface area contributed by atoms with Crippen molar-refractivity contribution in [1.82, 2.24) is 0 Å².